The lowest BCUT2D eigenvalue weighted by atomic mass is 10.2. The molecule has 0 saturated carbocycles. The van der Waals surface area contributed by atoms with Crippen LogP contribution in [0.4, 0.5) is 0 Å². The van der Waals surface area contributed by atoms with Gasteiger partial charge in [0.1, 0.15) is 11.5 Å². The van der Waals surface area contributed by atoms with Crippen LogP contribution in [0, 0.1) is 0 Å². The van der Waals surface area contributed by atoms with Crippen LogP contribution in [-0.4, -0.2) is 40.1 Å². The molecule has 2 aromatic rings. The summed E-state index contributed by atoms with van der Waals surface area (Å²) in [4.78, 5) is 11.8. The van der Waals surface area contributed by atoms with Crippen LogP contribution in [0.2, 0.25) is 0 Å². The molecule has 2 rings (SSSR count). The smallest absolute Gasteiger partial charge is 0.277 e. The van der Waals surface area contributed by atoms with Crippen molar-refractivity contribution in [2.45, 2.75) is 0 Å². The molecule has 132 valence electrons. The normalized spacial score (nSPS) is 10.4. The van der Waals surface area contributed by atoms with E-state index in [4.69, 9.17) is 18.9 Å². The first-order valence-electron chi connectivity index (χ1n) is 7.47. The highest BCUT2D eigenvalue weighted by atomic mass is 16.5. The van der Waals surface area contributed by atoms with E-state index in [0.717, 1.165) is 0 Å². The molecule has 7 heteroatoms. The fourth-order valence-corrected chi connectivity index (χ4v) is 2.01. The summed E-state index contributed by atoms with van der Waals surface area (Å²) in [5.74, 6) is 1.91. The molecule has 0 radical (unpaired) electrons. The van der Waals surface area contributed by atoms with Crippen LogP contribution in [-0.2, 0) is 4.79 Å². The van der Waals surface area contributed by atoms with E-state index in [9.17, 15) is 4.79 Å². The topological polar surface area (TPSA) is 78.4 Å². The highest BCUT2D eigenvalue weighted by Gasteiger charge is 2.06. The van der Waals surface area contributed by atoms with Crippen LogP contribution in [0.3, 0.4) is 0 Å². The van der Waals surface area contributed by atoms with Crippen molar-refractivity contribution in [2.75, 3.05) is 27.9 Å². The fraction of sp³-hybridized carbons (Fsp3) is 0.222. The van der Waals surface area contributed by atoms with E-state index < -0.39 is 5.91 Å². The van der Waals surface area contributed by atoms with Gasteiger partial charge >= 0.3 is 0 Å². The molecule has 0 aromatic heterocycles. The lowest BCUT2D eigenvalue weighted by Crippen LogP contribution is -2.24. The Hall–Kier alpha value is -3.22. The van der Waals surface area contributed by atoms with Crippen LogP contribution < -0.4 is 24.4 Å². The van der Waals surface area contributed by atoms with Crippen LogP contribution in [0.25, 0.3) is 0 Å². The third kappa shape index (κ3) is 5.13. The second kappa shape index (κ2) is 9.17. The number of nitrogens with zero attached hydrogens (tertiary/aromatic N) is 1. The molecule has 0 atom stereocenters. The number of hydrazone groups is 1. The molecule has 0 fully saturated rings. The number of carbonyl (C=O) groups excluding carboxylic acids is 1. The highest BCUT2D eigenvalue weighted by molar-refractivity contribution is 5.85. The Morgan fingerprint density at radius 2 is 1.72 bits per heavy atom. The molecule has 0 unspecified atom stereocenters. The number of amides is 1. The molecular weight excluding hydrogens is 324 g/mol. The molecule has 7 nitrogen and oxygen atoms in total. The summed E-state index contributed by atoms with van der Waals surface area (Å²) in [7, 11) is 4.66. The predicted molar refractivity (Wildman–Crippen MR) is 93.8 cm³/mol. The zero-order valence-corrected chi connectivity index (χ0v) is 14.3. The van der Waals surface area contributed by atoms with E-state index in [-0.39, 0.29) is 6.61 Å². The number of rotatable bonds is 8. The van der Waals surface area contributed by atoms with Crippen molar-refractivity contribution >= 4 is 12.1 Å². The molecule has 1 amide bonds. The molecule has 0 aliphatic carbocycles. The van der Waals surface area contributed by atoms with Crippen molar-refractivity contribution in [3.63, 3.8) is 0 Å². The summed E-state index contributed by atoms with van der Waals surface area (Å²) in [6.07, 6.45) is 1.49. The van der Waals surface area contributed by atoms with E-state index >= 15 is 0 Å². The summed E-state index contributed by atoms with van der Waals surface area (Å²) in [5.41, 5.74) is 3.10. The van der Waals surface area contributed by atoms with Gasteiger partial charge in [-0.05, 0) is 24.3 Å². The standard InChI is InChI=1S/C18H20N2O5/c1-22-14-9-8-13(17(10-14)24-3)11-19-20-18(21)12-25-16-7-5-4-6-15(16)23-2/h4-11H,12H2,1-3H3,(H,20,21). The highest BCUT2D eigenvalue weighted by Crippen LogP contribution is 2.25. The second-order valence-corrected chi connectivity index (χ2v) is 4.84. The minimum absolute atomic E-state index is 0.183. The van der Waals surface area contributed by atoms with Gasteiger partial charge in [-0.2, -0.15) is 5.10 Å². The SMILES string of the molecule is COc1ccc(C=NNC(=O)COc2ccccc2OC)c(OC)c1. The van der Waals surface area contributed by atoms with Gasteiger partial charge in [-0.15, -0.1) is 0 Å². The summed E-state index contributed by atoms with van der Waals surface area (Å²) in [6, 6.07) is 12.4. The Morgan fingerprint density at radius 3 is 2.40 bits per heavy atom. The van der Waals surface area contributed by atoms with Gasteiger partial charge in [-0.1, -0.05) is 12.1 Å². The van der Waals surface area contributed by atoms with Gasteiger partial charge in [-0.25, -0.2) is 5.43 Å². The van der Waals surface area contributed by atoms with Crippen molar-refractivity contribution in [1.82, 2.24) is 5.43 Å². The van der Waals surface area contributed by atoms with E-state index in [1.807, 2.05) is 6.07 Å². The number of ether oxygens (including phenoxy) is 4. The first kappa shape index (κ1) is 18.1. The van der Waals surface area contributed by atoms with E-state index in [0.29, 0.717) is 28.6 Å². The van der Waals surface area contributed by atoms with Crippen molar-refractivity contribution < 1.29 is 23.7 Å². The first-order valence-corrected chi connectivity index (χ1v) is 7.47. The van der Waals surface area contributed by atoms with Crippen molar-refractivity contribution in [3.05, 3.63) is 48.0 Å². The predicted octanol–water partition coefficient (Wildman–Crippen LogP) is 2.24. The molecule has 2 aromatic carbocycles. The van der Waals surface area contributed by atoms with Crippen LogP contribution >= 0.6 is 0 Å². The number of nitrogens with one attached hydrogen (secondary N) is 1. The molecular formula is C18H20N2O5. The van der Waals surface area contributed by atoms with Crippen molar-refractivity contribution in [1.29, 1.82) is 0 Å². The number of para-hydroxylation sites is 2. The Labute approximate surface area is 146 Å². The maximum Gasteiger partial charge on any atom is 0.277 e. The Balaban J connectivity index is 1.90. The fourth-order valence-electron chi connectivity index (χ4n) is 2.01. The number of carbonyl (C=O) groups is 1. The molecule has 0 bridgehead atoms. The molecule has 0 aliphatic rings. The molecule has 25 heavy (non-hydrogen) atoms. The number of hydrogen-bond donors (Lipinski definition) is 1. The molecule has 0 heterocycles. The van der Waals surface area contributed by atoms with Gasteiger partial charge in [0.05, 0.1) is 27.5 Å². The van der Waals surface area contributed by atoms with E-state index in [2.05, 4.69) is 10.5 Å². The maximum atomic E-state index is 11.8. The van der Waals surface area contributed by atoms with Crippen LogP contribution in [0.1, 0.15) is 5.56 Å². The van der Waals surface area contributed by atoms with Crippen LogP contribution in [0.5, 0.6) is 23.0 Å². The van der Waals surface area contributed by atoms with Gasteiger partial charge in [0.2, 0.25) is 0 Å². The average molecular weight is 344 g/mol. The Bertz CT molecular complexity index is 746. The monoisotopic (exact) mass is 344 g/mol. The zero-order chi connectivity index (χ0) is 18.1. The Morgan fingerprint density at radius 1 is 1.00 bits per heavy atom. The largest absolute Gasteiger partial charge is 0.497 e. The molecule has 0 spiro atoms. The number of methoxy groups -OCH3 is 3. The number of hydrogen-bond acceptors (Lipinski definition) is 6. The van der Waals surface area contributed by atoms with Gasteiger partial charge in [0, 0.05) is 11.6 Å². The number of benzene rings is 2. The first-order chi connectivity index (χ1) is 12.2. The van der Waals surface area contributed by atoms with Crippen molar-refractivity contribution in [3.8, 4) is 23.0 Å². The van der Waals surface area contributed by atoms with Gasteiger partial charge < -0.3 is 18.9 Å². The van der Waals surface area contributed by atoms with Crippen LogP contribution in [0.15, 0.2) is 47.6 Å². The Kier molecular flexibility index (Phi) is 6.65. The summed E-state index contributed by atoms with van der Waals surface area (Å²) >= 11 is 0. The summed E-state index contributed by atoms with van der Waals surface area (Å²) in [6.45, 7) is -0.183. The third-order valence-electron chi connectivity index (χ3n) is 3.26. The summed E-state index contributed by atoms with van der Waals surface area (Å²) < 4.78 is 20.9. The van der Waals surface area contributed by atoms with Gasteiger partial charge in [0.15, 0.2) is 18.1 Å². The average Bonchev–Trinajstić information content (AvgIpc) is 2.66. The van der Waals surface area contributed by atoms with E-state index in [1.165, 1.54) is 13.3 Å². The van der Waals surface area contributed by atoms with E-state index in [1.54, 1.807) is 50.6 Å². The lowest BCUT2D eigenvalue weighted by molar-refractivity contribution is -0.123. The molecule has 0 saturated heterocycles. The third-order valence-corrected chi connectivity index (χ3v) is 3.26. The minimum atomic E-state index is -0.394. The maximum absolute atomic E-state index is 11.8. The quantitative estimate of drug-likeness (QED) is 0.587. The molecule has 0 aliphatic heterocycles. The molecule has 1 N–H and O–H groups in total. The lowest BCUT2D eigenvalue weighted by Gasteiger charge is -2.09. The van der Waals surface area contributed by atoms with Crippen molar-refractivity contribution in [2.24, 2.45) is 5.10 Å². The minimum Gasteiger partial charge on any atom is -0.497 e. The summed E-state index contributed by atoms with van der Waals surface area (Å²) in [5, 5.41) is 3.90. The van der Waals surface area contributed by atoms with Gasteiger partial charge in [0.25, 0.3) is 5.91 Å². The van der Waals surface area contributed by atoms with Gasteiger partial charge in [-0.3, -0.25) is 4.79 Å². The zero-order valence-electron chi connectivity index (χ0n) is 14.3. The second-order valence-electron chi connectivity index (χ2n) is 4.84.